The first-order valence-electron chi connectivity index (χ1n) is 9.69. The van der Waals surface area contributed by atoms with Gasteiger partial charge in [0, 0.05) is 43.0 Å². The number of hydrogen-bond acceptors (Lipinski definition) is 5. The van der Waals surface area contributed by atoms with Crippen LogP contribution in [-0.2, 0) is 21.4 Å². The SMILES string of the molecule is CC(C)(C)c1noc(CCCC(=O)N(C[C@@H]2CCOC2)c2ccccc2)n1. The summed E-state index contributed by atoms with van der Waals surface area (Å²) in [4.78, 5) is 19.2. The average molecular weight is 371 g/mol. The number of benzene rings is 1. The first-order valence-corrected chi connectivity index (χ1v) is 9.69. The molecule has 1 fully saturated rings. The molecule has 0 aliphatic carbocycles. The summed E-state index contributed by atoms with van der Waals surface area (Å²) in [5.74, 6) is 1.84. The van der Waals surface area contributed by atoms with Crippen molar-refractivity contribution in [1.82, 2.24) is 10.1 Å². The lowest BCUT2D eigenvalue weighted by molar-refractivity contribution is -0.118. The Kier molecular flexibility index (Phi) is 6.26. The van der Waals surface area contributed by atoms with Crippen LogP contribution in [-0.4, -0.2) is 35.8 Å². The highest BCUT2D eigenvalue weighted by atomic mass is 16.5. The summed E-state index contributed by atoms with van der Waals surface area (Å²) < 4.78 is 10.8. The van der Waals surface area contributed by atoms with Gasteiger partial charge >= 0.3 is 0 Å². The van der Waals surface area contributed by atoms with Gasteiger partial charge in [0.25, 0.3) is 0 Å². The zero-order chi connectivity index (χ0) is 19.3. The predicted octanol–water partition coefficient (Wildman–Crippen LogP) is 3.76. The zero-order valence-electron chi connectivity index (χ0n) is 16.5. The maximum atomic E-state index is 12.9. The van der Waals surface area contributed by atoms with Crippen molar-refractivity contribution in [1.29, 1.82) is 0 Å². The number of nitrogens with zero attached hydrogens (tertiary/aromatic N) is 3. The lowest BCUT2D eigenvalue weighted by Gasteiger charge is -2.25. The molecule has 0 N–H and O–H groups in total. The molecule has 2 aromatic rings. The number of carbonyl (C=O) groups excluding carboxylic acids is 1. The Hall–Kier alpha value is -2.21. The van der Waals surface area contributed by atoms with Gasteiger partial charge in [0.1, 0.15) is 0 Å². The van der Waals surface area contributed by atoms with E-state index in [2.05, 4.69) is 30.9 Å². The highest BCUT2D eigenvalue weighted by molar-refractivity contribution is 5.93. The van der Waals surface area contributed by atoms with Gasteiger partial charge in [0.2, 0.25) is 11.8 Å². The fourth-order valence-electron chi connectivity index (χ4n) is 3.13. The zero-order valence-corrected chi connectivity index (χ0v) is 16.5. The Morgan fingerprint density at radius 3 is 2.67 bits per heavy atom. The van der Waals surface area contributed by atoms with Crippen molar-refractivity contribution in [2.24, 2.45) is 5.92 Å². The first kappa shape index (κ1) is 19.5. The van der Waals surface area contributed by atoms with E-state index in [1.165, 1.54) is 0 Å². The van der Waals surface area contributed by atoms with Crippen molar-refractivity contribution in [3.63, 3.8) is 0 Å². The lowest BCUT2D eigenvalue weighted by Crippen LogP contribution is -2.35. The van der Waals surface area contributed by atoms with Gasteiger partial charge in [0.05, 0.1) is 6.61 Å². The van der Waals surface area contributed by atoms with Crippen LogP contribution in [0, 0.1) is 5.92 Å². The molecule has 1 atom stereocenters. The van der Waals surface area contributed by atoms with E-state index in [0.717, 1.165) is 25.3 Å². The Balaban J connectivity index is 1.58. The van der Waals surface area contributed by atoms with E-state index >= 15 is 0 Å². The van der Waals surface area contributed by atoms with Crippen LogP contribution in [0.2, 0.25) is 0 Å². The van der Waals surface area contributed by atoms with Crippen LogP contribution in [0.3, 0.4) is 0 Å². The number of amides is 1. The smallest absolute Gasteiger partial charge is 0.227 e. The third-order valence-corrected chi connectivity index (χ3v) is 4.75. The number of rotatable bonds is 7. The van der Waals surface area contributed by atoms with Crippen LogP contribution >= 0.6 is 0 Å². The van der Waals surface area contributed by atoms with Gasteiger partial charge in [-0.2, -0.15) is 4.98 Å². The van der Waals surface area contributed by atoms with Gasteiger partial charge in [-0.05, 0) is 25.0 Å². The molecule has 3 rings (SSSR count). The Morgan fingerprint density at radius 2 is 2.04 bits per heavy atom. The minimum absolute atomic E-state index is 0.128. The van der Waals surface area contributed by atoms with Crippen LogP contribution in [0.5, 0.6) is 0 Å². The van der Waals surface area contributed by atoms with E-state index in [1.54, 1.807) is 0 Å². The molecule has 1 aromatic heterocycles. The molecule has 0 bridgehead atoms. The summed E-state index contributed by atoms with van der Waals surface area (Å²) in [7, 11) is 0. The van der Waals surface area contributed by atoms with Crippen molar-refractivity contribution in [3.05, 3.63) is 42.0 Å². The predicted molar refractivity (Wildman–Crippen MR) is 104 cm³/mol. The van der Waals surface area contributed by atoms with E-state index < -0.39 is 0 Å². The van der Waals surface area contributed by atoms with Crippen molar-refractivity contribution in [2.45, 2.75) is 51.9 Å². The van der Waals surface area contributed by atoms with Crippen LogP contribution in [0.4, 0.5) is 5.69 Å². The fraction of sp³-hybridized carbons (Fsp3) is 0.571. The summed E-state index contributed by atoms with van der Waals surface area (Å²) >= 11 is 0. The fourth-order valence-corrected chi connectivity index (χ4v) is 3.13. The quantitative estimate of drug-likeness (QED) is 0.741. The Labute approximate surface area is 160 Å². The monoisotopic (exact) mass is 371 g/mol. The minimum atomic E-state index is -0.134. The molecule has 146 valence electrons. The van der Waals surface area contributed by atoms with Crippen molar-refractivity contribution in [2.75, 3.05) is 24.7 Å². The highest BCUT2D eigenvalue weighted by Gasteiger charge is 2.24. The van der Waals surface area contributed by atoms with Crippen LogP contribution < -0.4 is 4.90 Å². The second-order valence-corrected chi connectivity index (χ2v) is 8.18. The van der Waals surface area contributed by atoms with E-state index in [9.17, 15) is 4.79 Å². The number of hydrogen-bond donors (Lipinski definition) is 0. The van der Waals surface area contributed by atoms with Gasteiger partial charge in [-0.1, -0.05) is 44.1 Å². The molecule has 27 heavy (non-hydrogen) atoms. The molecule has 1 amide bonds. The number of para-hydroxylation sites is 1. The van der Waals surface area contributed by atoms with Crippen LogP contribution in [0.1, 0.15) is 51.7 Å². The first-order chi connectivity index (χ1) is 12.9. The van der Waals surface area contributed by atoms with Gasteiger partial charge < -0.3 is 14.2 Å². The molecule has 6 heteroatoms. The molecule has 1 aliphatic heterocycles. The molecule has 0 unspecified atom stereocenters. The topological polar surface area (TPSA) is 68.5 Å². The summed E-state index contributed by atoms with van der Waals surface area (Å²) in [6, 6.07) is 9.87. The summed E-state index contributed by atoms with van der Waals surface area (Å²) in [6.07, 6.45) is 2.77. The third kappa shape index (κ3) is 5.39. The second-order valence-electron chi connectivity index (χ2n) is 8.18. The molecule has 0 spiro atoms. The number of carbonyl (C=O) groups is 1. The summed E-state index contributed by atoms with van der Waals surface area (Å²) in [5, 5.41) is 4.04. The standard InChI is InChI=1S/C21H29N3O3/c1-21(2,3)20-22-18(27-23-20)10-7-11-19(25)24(14-16-12-13-26-15-16)17-8-5-4-6-9-17/h4-6,8-9,16H,7,10-15H2,1-3H3/t16-/m0/s1. The van der Waals surface area contributed by atoms with E-state index in [0.29, 0.717) is 43.4 Å². The molecule has 0 radical (unpaired) electrons. The van der Waals surface area contributed by atoms with E-state index in [-0.39, 0.29) is 11.3 Å². The molecule has 2 heterocycles. The van der Waals surface area contributed by atoms with E-state index in [4.69, 9.17) is 9.26 Å². The lowest BCUT2D eigenvalue weighted by atomic mass is 9.96. The number of ether oxygens (including phenoxy) is 1. The molecule has 1 aliphatic rings. The van der Waals surface area contributed by atoms with Gasteiger partial charge in [0.15, 0.2) is 5.82 Å². The largest absolute Gasteiger partial charge is 0.381 e. The second kappa shape index (κ2) is 8.65. The van der Waals surface area contributed by atoms with Gasteiger partial charge in [-0.3, -0.25) is 4.79 Å². The Bertz CT molecular complexity index is 731. The average Bonchev–Trinajstić information content (AvgIpc) is 3.32. The molecule has 1 saturated heterocycles. The molecule has 6 nitrogen and oxygen atoms in total. The van der Waals surface area contributed by atoms with Crippen molar-refractivity contribution >= 4 is 11.6 Å². The van der Waals surface area contributed by atoms with Crippen molar-refractivity contribution < 1.29 is 14.1 Å². The summed E-state index contributed by atoms with van der Waals surface area (Å²) in [6.45, 7) is 8.38. The molecular formula is C21H29N3O3. The maximum Gasteiger partial charge on any atom is 0.227 e. The molecule has 0 saturated carbocycles. The van der Waals surface area contributed by atoms with E-state index in [1.807, 2.05) is 35.2 Å². The maximum absolute atomic E-state index is 12.9. The highest BCUT2D eigenvalue weighted by Crippen LogP contribution is 2.22. The van der Waals surface area contributed by atoms with Crippen molar-refractivity contribution in [3.8, 4) is 0 Å². The number of aryl methyl sites for hydroxylation is 1. The normalized spacial score (nSPS) is 17.2. The van der Waals surface area contributed by atoms with Crippen LogP contribution in [0.25, 0.3) is 0 Å². The molecule has 1 aromatic carbocycles. The van der Waals surface area contributed by atoms with Crippen LogP contribution in [0.15, 0.2) is 34.9 Å². The summed E-state index contributed by atoms with van der Waals surface area (Å²) in [5.41, 5.74) is 0.813. The van der Waals surface area contributed by atoms with Gasteiger partial charge in [-0.15, -0.1) is 0 Å². The molecular weight excluding hydrogens is 342 g/mol. The Morgan fingerprint density at radius 1 is 1.26 bits per heavy atom. The van der Waals surface area contributed by atoms with Gasteiger partial charge in [-0.25, -0.2) is 0 Å². The third-order valence-electron chi connectivity index (χ3n) is 4.75. The number of anilines is 1. The minimum Gasteiger partial charge on any atom is -0.381 e. The number of aromatic nitrogens is 2.